The Morgan fingerprint density at radius 1 is 1.08 bits per heavy atom. The van der Waals surface area contributed by atoms with E-state index in [0.717, 1.165) is 16.9 Å². The lowest BCUT2D eigenvalue weighted by Gasteiger charge is -2.07. The van der Waals surface area contributed by atoms with Gasteiger partial charge in [0, 0.05) is 11.6 Å². The quantitative estimate of drug-likeness (QED) is 0.545. The van der Waals surface area contributed by atoms with Crippen molar-refractivity contribution in [2.75, 3.05) is 0 Å². The molecule has 0 atom stereocenters. The highest BCUT2D eigenvalue weighted by Crippen LogP contribution is 2.13. The first-order chi connectivity index (χ1) is 5.79. The van der Waals surface area contributed by atoms with E-state index in [1.807, 2.05) is 24.3 Å². The average molecular weight is 162 g/mol. The lowest BCUT2D eigenvalue weighted by Crippen LogP contribution is -2.30. The van der Waals surface area contributed by atoms with Crippen LogP contribution in [0.25, 0.3) is 11.4 Å². The van der Waals surface area contributed by atoms with Gasteiger partial charge in [0.1, 0.15) is 5.83 Å². The first kappa shape index (κ1) is 7.53. The zero-order valence-corrected chi connectivity index (χ0v) is 7.10. The summed E-state index contributed by atoms with van der Waals surface area (Å²) in [7, 11) is 0. The average Bonchev–Trinajstić information content (AvgIpc) is 2.12. The van der Waals surface area contributed by atoms with Crippen LogP contribution in [0.2, 0.25) is 0 Å². The smallest absolute Gasteiger partial charge is 0.108 e. The van der Waals surface area contributed by atoms with Crippen molar-refractivity contribution in [2.24, 2.45) is 0 Å². The standard InChI is InChI=1S/C11H11F/c1-8-6-7-11(12)10-5-3-2-4-9(8)10/h2-5H,6-7H2,1H3. The van der Waals surface area contributed by atoms with Crippen LogP contribution in [0, 0.1) is 0 Å². The van der Waals surface area contributed by atoms with Crippen LogP contribution in [0.3, 0.4) is 0 Å². The fourth-order valence-electron chi connectivity index (χ4n) is 1.66. The summed E-state index contributed by atoms with van der Waals surface area (Å²) in [5.74, 6) is 0.0381. The molecule has 0 radical (unpaired) electrons. The van der Waals surface area contributed by atoms with Gasteiger partial charge in [-0.2, -0.15) is 0 Å². The summed E-state index contributed by atoms with van der Waals surface area (Å²) in [4.78, 5) is 0. The van der Waals surface area contributed by atoms with E-state index < -0.39 is 0 Å². The Morgan fingerprint density at radius 3 is 2.42 bits per heavy atom. The summed E-state index contributed by atoms with van der Waals surface area (Å²) in [5, 5.41) is 1.88. The molecule has 12 heavy (non-hydrogen) atoms. The van der Waals surface area contributed by atoms with Gasteiger partial charge in [-0.05, 0) is 18.6 Å². The SMILES string of the molecule is CC1=c2ccccc2=C(F)CC1. The maximum Gasteiger partial charge on any atom is 0.108 e. The van der Waals surface area contributed by atoms with Crippen LogP contribution in [0.1, 0.15) is 19.8 Å². The number of hydrogen-bond acceptors (Lipinski definition) is 0. The van der Waals surface area contributed by atoms with Crippen molar-refractivity contribution in [3.8, 4) is 0 Å². The zero-order valence-electron chi connectivity index (χ0n) is 7.10. The minimum absolute atomic E-state index is 0.0381. The van der Waals surface area contributed by atoms with Crippen molar-refractivity contribution in [1.29, 1.82) is 0 Å². The second-order valence-electron chi connectivity index (χ2n) is 3.23. The summed E-state index contributed by atoms with van der Waals surface area (Å²) in [5.41, 5.74) is 1.30. The Morgan fingerprint density at radius 2 is 1.75 bits per heavy atom. The number of rotatable bonds is 0. The van der Waals surface area contributed by atoms with Crippen LogP contribution < -0.4 is 10.4 Å². The molecule has 0 aliphatic heterocycles. The molecule has 1 aliphatic carbocycles. The molecular formula is C11H11F. The maximum atomic E-state index is 13.3. The normalized spacial score (nSPS) is 16.2. The first-order valence-corrected chi connectivity index (χ1v) is 4.22. The molecule has 0 N–H and O–H groups in total. The van der Waals surface area contributed by atoms with Crippen LogP contribution in [0.5, 0.6) is 0 Å². The van der Waals surface area contributed by atoms with Gasteiger partial charge < -0.3 is 0 Å². The van der Waals surface area contributed by atoms with Gasteiger partial charge in [0.15, 0.2) is 0 Å². The Bertz CT molecular complexity index is 374. The van der Waals surface area contributed by atoms with Crippen molar-refractivity contribution in [1.82, 2.24) is 0 Å². The van der Waals surface area contributed by atoms with E-state index in [1.54, 1.807) is 0 Å². The molecular weight excluding hydrogens is 151 g/mol. The fraction of sp³-hybridized carbons (Fsp3) is 0.273. The summed E-state index contributed by atoms with van der Waals surface area (Å²) in [6.07, 6.45) is 1.44. The molecule has 1 aromatic carbocycles. The van der Waals surface area contributed by atoms with Gasteiger partial charge in [-0.1, -0.05) is 29.8 Å². The Balaban J connectivity index is 2.95. The maximum absolute atomic E-state index is 13.3. The number of benzene rings is 1. The van der Waals surface area contributed by atoms with Crippen LogP contribution in [-0.2, 0) is 0 Å². The molecule has 0 unspecified atom stereocenters. The topological polar surface area (TPSA) is 0 Å². The van der Waals surface area contributed by atoms with Gasteiger partial charge in [0.05, 0.1) is 0 Å². The van der Waals surface area contributed by atoms with Crippen LogP contribution in [0.15, 0.2) is 24.3 Å². The Kier molecular flexibility index (Phi) is 1.72. The molecule has 0 amide bonds. The van der Waals surface area contributed by atoms with Crippen molar-refractivity contribution >= 4 is 11.4 Å². The fourth-order valence-corrected chi connectivity index (χ4v) is 1.66. The zero-order chi connectivity index (χ0) is 8.55. The largest absolute Gasteiger partial charge is 0.211 e. The van der Waals surface area contributed by atoms with Gasteiger partial charge in [-0.15, -0.1) is 0 Å². The van der Waals surface area contributed by atoms with E-state index in [-0.39, 0.29) is 5.83 Å². The molecule has 0 nitrogen and oxygen atoms in total. The van der Waals surface area contributed by atoms with E-state index in [4.69, 9.17) is 0 Å². The van der Waals surface area contributed by atoms with Crippen molar-refractivity contribution in [2.45, 2.75) is 19.8 Å². The summed E-state index contributed by atoms with van der Waals surface area (Å²) in [6.45, 7) is 2.07. The Labute approximate surface area is 71.0 Å². The predicted molar refractivity (Wildman–Crippen MR) is 48.5 cm³/mol. The van der Waals surface area contributed by atoms with Crippen molar-refractivity contribution in [3.63, 3.8) is 0 Å². The van der Waals surface area contributed by atoms with Gasteiger partial charge >= 0.3 is 0 Å². The monoisotopic (exact) mass is 162 g/mol. The Hall–Kier alpha value is -1.11. The molecule has 0 spiro atoms. The molecule has 0 fully saturated rings. The second kappa shape index (κ2) is 2.74. The minimum Gasteiger partial charge on any atom is -0.211 e. The number of hydrogen-bond donors (Lipinski definition) is 0. The highest BCUT2D eigenvalue weighted by molar-refractivity contribution is 5.52. The third-order valence-electron chi connectivity index (χ3n) is 2.40. The molecule has 0 bridgehead atoms. The first-order valence-electron chi connectivity index (χ1n) is 4.22. The highest BCUT2D eigenvalue weighted by Gasteiger charge is 2.05. The van der Waals surface area contributed by atoms with Gasteiger partial charge in [-0.25, -0.2) is 4.39 Å². The minimum atomic E-state index is 0.0381. The molecule has 0 heterocycles. The lowest BCUT2D eigenvalue weighted by atomic mass is 10.0. The van der Waals surface area contributed by atoms with E-state index in [9.17, 15) is 4.39 Å². The summed E-state index contributed by atoms with van der Waals surface area (Å²) < 4.78 is 13.3. The van der Waals surface area contributed by atoms with Gasteiger partial charge in [-0.3, -0.25) is 0 Å². The lowest BCUT2D eigenvalue weighted by molar-refractivity contribution is 0.692. The van der Waals surface area contributed by atoms with Crippen molar-refractivity contribution in [3.05, 3.63) is 34.7 Å². The van der Waals surface area contributed by atoms with Crippen LogP contribution >= 0.6 is 0 Å². The van der Waals surface area contributed by atoms with Crippen LogP contribution in [-0.4, -0.2) is 0 Å². The van der Waals surface area contributed by atoms with E-state index in [2.05, 4.69) is 6.92 Å². The molecule has 0 saturated carbocycles. The third-order valence-corrected chi connectivity index (χ3v) is 2.40. The second-order valence-corrected chi connectivity index (χ2v) is 3.23. The van der Waals surface area contributed by atoms with Crippen molar-refractivity contribution < 1.29 is 4.39 Å². The van der Waals surface area contributed by atoms with Gasteiger partial charge in [0.2, 0.25) is 0 Å². The summed E-state index contributed by atoms with van der Waals surface area (Å²) >= 11 is 0. The van der Waals surface area contributed by atoms with E-state index in [0.29, 0.717) is 6.42 Å². The van der Waals surface area contributed by atoms with Gasteiger partial charge in [0.25, 0.3) is 0 Å². The third kappa shape index (κ3) is 1.06. The van der Waals surface area contributed by atoms with Crippen LogP contribution in [0.4, 0.5) is 4.39 Å². The molecule has 1 aromatic rings. The molecule has 0 saturated heterocycles. The number of fused-ring (bicyclic) bond motifs is 1. The molecule has 2 rings (SSSR count). The molecule has 0 aromatic heterocycles. The summed E-state index contributed by atoms with van der Waals surface area (Å²) in [6, 6.07) is 7.69. The molecule has 1 heteroatoms. The molecule has 62 valence electrons. The number of halogens is 1. The van der Waals surface area contributed by atoms with E-state index >= 15 is 0 Å². The molecule has 1 aliphatic rings. The van der Waals surface area contributed by atoms with E-state index in [1.165, 1.54) is 5.57 Å². The predicted octanol–water partition coefficient (Wildman–Crippen LogP) is 1.73. The highest BCUT2D eigenvalue weighted by atomic mass is 19.1.